The molecule has 0 saturated carbocycles. The van der Waals surface area contributed by atoms with Crippen molar-refractivity contribution in [3.05, 3.63) is 48.0 Å². The number of nitrogens with zero attached hydrogens (tertiary/aromatic N) is 3. The van der Waals surface area contributed by atoms with E-state index in [4.69, 9.17) is 9.47 Å². The first-order valence-electron chi connectivity index (χ1n) is 10.6. The summed E-state index contributed by atoms with van der Waals surface area (Å²) in [4.78, 5) is 45.0. The van der Waals surface area contributed by atoms with E-state index in [1.165, 1.54) is 18.3 Å². The lowest BCUT2D eigenvalue weighted by molar-refractivity contribution is -0.142. The lowest BCUT2D eigenvalue weighted by Crippen LogP contribution is -2.55. The van der Waals surface area contributed by atoms with Gasteiger partial charge < -0.3 is 24.6 Å². The molecule has 0 unspecified atom stereocenters. The van der Waals surface area contributed by atoms with Crippen molar-refractivity contribution < 1.29 is 23.9 Å². The van der Waals surface area contributed by atoms with Crippen molar-refractivity contribution in [1.82, 2.24) is 14.8 Å². The Morgan fingerprint density at radius 1 is 1.03 bits per heavy atom. The number of thiazole rings is 1. The van der Waals surface area contributed by atoms with Crippen LogP contribution in [-0.4, -0.2) is 71.4 Å². The predicted molar refractivity (Wildman–Crippen MR) is 123 cm³/mol. The third-order valence-corrected chi connectivity index (χ3v) is 6.51. The van der Waals surface area contributed by atoms with Crippen LogP contribution in [0.15, 0.2) is 42.5 Å². The van der Waals surface area contributed by atoms with Gasteiger partial charge in [-0.1, -0.05) is 23.5 Å². The van der Waals surface area contributed by atoms with E-state index < -0.39 is 6.10 Å². The molecule has 0 spiro atoms. The van der Waals surface area contributed by atoms with Gasteiger partial charge in [0.2, 0.25) is 12.0 Å². The number of anilines is 1. The van der Waals surface area contributed by atoms with E-state index in [-0.39, 0.29) is 24.3 Å². The molecule has 1 N–H and O–H groups in total. The molecule has 0 aliphatic carbocycles. The highest BCUT2D eigenvalue weighted by molar-refractivity contribution is 7.22. The Balaban J connectivity index is 1.20. The van der Waals surface area contributed by atoms with Gasteiger partial charge in [-0.15, -0.1) is 0 Å². The van der Waals surface area contributed by atoms with E-state index in [2.05, 4.69) is 10.3 Å². The molecule has 3 amide bonds. The molecule has 1 fully saturated rings. The number of fused-ring (bicyclic) bond motifs is 2. The average Bonchev–Trinajstić information content (AvgIpc) is 3.23. The number of amides is 3. The van der Waals surface area contributed by atoms with E-state index in [1.54, 1.807) is 34.1 Å². The van der Waals surface area contributed by atoms with E-state index in [9.17, 15) is 14.4 Å². The fourth-order valence-electron chi connectivity index (χ4n) is 3.92. The lowest BCUT2D eigenvalue weighted by Gasteiger charge is -2.37. The Morgan fingerprint density at radius 3 is 2.52 bits per heavy atom. The predicted octanol–water partition coefficient (Wildman–Crippen LogP) is 2.38. The number of para-hydroxylation sites is 2. The van der Waals surface area contributed by atoms with E-state index >= 15 is 0 Å². The monoisotopic (exact) mass is 466 g/mol. The standard InChI is InChI=1S/C23H22N4O5S/c1-14(28)24-23-25-16-7-6-15(12-20(16)33-23)21(29)26-8-10-27(11-9-26)22(30)19-13-31-17-4-2-3-5-18(17)32-19/h2-7,12,19H,8-11,13H2,1H3,(H,24,25,28)/t19-/m1/s1. The van der Waals surface area contributed by atoms with Gasteiger partial charge in [-0.2, -0.15) is 0 Å². The van der Waals surface area contributed by atoms with E-state index in [0.29, 0.717) is 48.4 Å². The second-order valence-corrected chi connectivity index (χ2v) is 8.90. The maximum Gasteiger partial charge on any atom is 0.267 e. The van der Waals surface area contributed by atoms with Crippen molar-refractivity contribution in [2.45, 2.75) is 13.0 Å². The molecule has 10 heteroatoms. The Labute approximate surface area is 193 Å². The number of piperazine rings is 1. The van der Waals surface area contributed by atoms with Crippen molar-refractivity contribution in [2.24, 2.45) is 0 Å². The van der Waals surface area contributed by atoms with Gasteiger partial charge in [-0.3, -0.25) is 14.4 Å². The first-order valence-corrected chi connectivity index (χ1v) is 11.4. The van der Waals surface area contributed by atoms with Gasteiger partial charge in [-0.25, -0.2) is 4.98 Å². The molecular formula is C23H22N4O5S. The zero-order valence-corrected chi connectivity index (χ0v) is 18.8. The van der Waals surface area contributed by atoms with Crippen LogP contribution in [0.3, 0.4) is 0 Å². The van der Waals surface area contributed by atoms with Gasteiger partial charge in [-0.05, 0) is 30.3 Å². The van der Waals surface area contributed by atoms with Gasteiger partial charge in [0.05, 0.1) is 10.2 Å². The number of rotatable bonds is 3. The van der Waals surface area contributed by atoms with Gasteiger partial charge >= 0.3 is 0 Å². The van der Waals surface area contributed by atoms with Gasteiger partial charge in [0.25, 0.3) is 11.8 Å². The van der Waals surface area contributed by atoms with Crippen molar-refractivity contribution in [3.63, 3.8) is 0 Å². The van der Waals surface area contributed by atoms with Crippen LogP contribution in [0.2, 0.25) is 0 Å². The number of carbonyl (C=O) groups is 3. The third-order valence-electron chi connectivity index (χ3n) is 5.58. The number of nitrogens with one attached hydrogen (secondary N) is 1. The van der Waals surface area contributed by atoms with Crippen LogP contribution in [0.1, 0.15) is 17.3 Å². The summed E-state index contributed by atoms with van der Waals surface area (Å²) in [6.45, 7) is 3.34. The molecule has 3 heterocycles. The molecule has 1 aromatic heterocycles. The number of carbonyl (C=O) groups excluding carboxylic acids is 3. The maximum atomic E-state index is 13.0. The number of aromatic nitrogens is 1. The fraction of sp³-hybridized carbons (Fsp3) is 0.304. The van der Waals surface area contributed by atoms with Crippen LogP contribution in [0.5, 0.6) is 11.5 Å². The van der Waals surface area contributed by atoms with Crippen LogP contribution >= 0.6 is 11.3 Å². The summed E-state index contributed by atoms with van der Waals surface area (Å²) < 4.78 is 12.3. The van der Waals surface area contributed by atoms with Crippen LogP contribution in [0.4, 0.5) is 5.13 Å². The number of hydrogen-bond donors (Lipinski definition) is 1. The molecule has 170 valence electrons. The largest absolute Gasteiger partial charge is 0.485 e. The molecule has 0 radical (unpaired) electrons. The SMILES string of the molecule is CC(=O)Nc1nc2ccc(C(=O)N3CCN(C(=O)[C@H]4COc5ccccc5O4)CC3)cc2s1. The molecular weight excluding hydrogens is 444 g/mol. The van der Waals surface area contributed by atoms with Gasteiger partial charge in [0.1, 0.15) is 6.61 Å². The third kappa shape index (κ3) is 4.34. The Hall–Kier alpha value is -3.66. The Morgan fingerprint density at radius 2 is 1.76 bits per heavy atom. The first kappa shape index (κ1) is 21.2. The second kappa shape index (κ2) is 8.70. The molecule has 9 nitrogen and oxygen atoms in total. The number of ether oxygens (including phenoxy) is 2. The summed E-state index contributed by atoms with van der Waals surface area (Å²) in [5.41, 5.74) is 1.29. The molecule has 5 rings (SSSR count). The summed E-state index contributed by atoms with van der Waals surface area (Å²) in [6.07, 6.45) is -0.686. The summed E-state index contributed by atoms with van der Waals surface area (Å²) in [7, 11) is 0. The average molecular weight is 467 g/mol. The smallest absolute Gasteiger partial charge is 0.267 e. The summed E-state index contributed by atoms with van der Waals surface area (Å²) in [5.74, 6) is 0.792. The number of benzene rings is 2. The molecule has 2 aliphatic rings. The van der Waals surface area contributed by atoms with Crippen molar-refractivity contribution >= 4 is 44.4 Å². The van der Waals surface area contributed by atoms with Gasteiger partial charge in [0.15, 0.2) is 16.6 Å². The molecule has 33 heavy (non-hydrogen) atoms. The minimum absolute atomic E-state index is 0.0929. The molecule has 2 aliphatic heterocycles. The minimum Gasteiger partial charge on any atom is -0.485 e. The number of hydrogen-bond acceptors (Lipinski definition) is 7. The highest BCUT2D eigenvalue weighted by Gasteiger charge is 2.33. The van der Waals surface area contributed by atoms with E-state index in [1.807, 2.05) is 18.2 Å². The fourth-order valence-corrected chi connectivity index (χ4v) is 4.87. The molecule has 1 atom stereocenters. The van der Waals surface area contributed by atoms with Crippen LogP contribution < -0.4 is 14.8 Å². The van der Waals surface area contributed by atoms with Gasteiger partial charge in [0, 0.05) is 38.7 Å². The molecule has 3 aromatic rings. The van der Waals surface area contributed by atoms with E-state index in [0.717, 1.165) is 10.2 Å². The quantitative estimate of drug-likeness (QED) is 0.636. The molecule has 1 saturated heterocycles. The second-order valence-electron chi connectivity index (χ2n) is 7.86. The Kier molecular flexibility index (Phi) is 5.59. The van der Waals surface area contributed by atoms with Crippen LogP contribution in [0, 0.1) is 0 Å². The minimum atomic E-state index is -0.686. The zero-order chi connectivity index (χ0) is 22.9. The maximum absolute atomic E-state index is 13.0. The topological polar surface area (TPSA) is 101 Å². The molecule has 0 bridgehead atoms. The summed E-state index contributed by atoms with van der Waals surface area (Å²) in [6, 6.07) is 12.6. The van der Waals surface area contributed by atoms with Crippen molar-refractivity contribution in [3.8, 4) is 11.5 Å². The van der Waals surface area contributed by atoms with Crippen molar-refractivity contribution in [1.29, 1.82) is 0 Å². The highest BCUT2D eigenvalue weighted by Crippen LogP contribution is 2.31. The lowest BCUT2D eigenvalue weighted by atomic mass is 10.1. The summed E-state index contributed by atoms with van der Waals surface area (Å²) >= 11 is 1.33. The summed E-state index contributed by atoms with van der Waals surface area (Å²) in [5, 5.41) is 3.18. The normalized spacial score (nSPS) is 17.7. The Bertz CT molecular complexity index is 1230. The highest BCUT2D eigenvalue weighted by atomic mass is 32.1. The zero-order valence-electron chi connectivity index (χ0n) is 17.9. The van der Waals surface area contributed by atoms with Crippen LogP contribution in [-0.2, 0) is 9.59 Å². The van der Waals surface area contributed by atoms with Crippen molar-refractivity contribution in [2.75, 3.05) is 38.1 Å². The first-order chi connectivity index (χ1) is 16.0. The molecule has 2 aromatic carbocycles. The van der Waals surface area contributed by atoms with Crippen LogP contribution in [0.25, 0.3) is 10.2 Å².